The number of rotatable bonds is 8. The molecule has 30 heavy (non-hydrogen) atoms. The number of primary amides is 1. The number of hydrogen-bond donors (Lipinski definition) is 1. The van der Waals surface area contributed by atoms with Crippen LogP contribution in [0.15, 0.2) is 51.8 Å². The summed E-state index contributed by atoms with van der Waals surface area (Å²) >= 11 is 10.2. The Morgan fingerprint density at radius 2 is 1.93 bits per heavy atom. The molecule has 3 amide bonds. The summed E-state index contributed by atoms with van der Waals surface area (Å²) in [6.45, 7) is -0.112. The zero-order chi connectivity index (χ0) is 21.7. The van der Waals surface area contributed by atoms with Gasteiger partial charge in [-0.1, -0.05) is 39.7 Å². The summed E-state index contributed by atoms with van der Waals surface area (Å²) in [5, 5.41) is 0.0493. The van der Waals surface area contributed by atoms with Crippen LogP contribution in [0.4, 0.5) is 4.79 Å². The van der Waals surface area contributed by atoms with Crippen LogP contribution in [-0.4, -0.2) is 41.7 Å². The van der Waals surface area contributed by atoms with Gasteiger partial charge in [0, 0.05) is 10.0 Å². The van der Waals surface area contributed by atoms with Crippen LogP contribution < -0.4 is 15.2 Å². The van der Waals surface area contributed by atoms with E-state index in [0.717, 1.165) is 21.1 Å². The number of thioether (sulfide) groups is 1. The summed E-state index contributed by atoms with van der Waals surface area (Å²) in [6.07, 6.45) is 1.54. The Kier molecular flexibility index (Phi) is 7.41. The maximum absolute atomic E-state index is 12.7. The molecule has 2 N–H and O–H groups in total. The van der Waals surface area contributed by atoms with Crippen LogP contribution >= 0.6 is 39.3 Å². The lowest BCUT2D eigenvalue weighted by Crippen LogP contribution is -2.32. The third kappa shape index (κ3) is 5.56. The van der Waals surface area contributed by atoms with E-state index in [1.54, 1.807) is 48.5 Å². The lowest BCUT2D eigenvalue weighted by molar-refractivity contribution is -0.123. The number of amides is 3. The van der Waals surface area contributed by atoms with Crippen LogP contribution in [0, 0.1) is 0 Å². The minimum Gasteiger partial charge on any atom is -0.490 e. The van der Waals surface area contributed by atoms with Crippen molar-refractivity contribution in [2.45, 2.75) is 0 Å². The summed E-state index contributed by atoms with van der Waals surface area (Å²) in [5.74, 6) is -0.214. The van der Waals surface area contributed by atoms with Gasteiger partial charge in [0.1, 0.15) is 18.1 Å². The van der Waals surface area contributed by atoms with Crippen molar-refractivity contribution >= 4 is 62.4 Å². The first-order valence-electron chi connectivity index (χ1n) is 8.68. The van der Waals surface area contributed by atoms with Crippen molar-refractivity contribution in [1.82, 2.24) is 4.90 Å². The third-order valence-electron chi connectivity index (χ3n) is 3.91. The molecule has 1 aliphatic rings. The van der Waals surface area contributed by atoms with E-state index in [1.807, 2.05) is 0 Å². The van der Waals surface area contributed by atoms with Crippen molar-refractivity contribution in [3.05, 3.63) is 62.4 Å². The molecule has 3 rings (SSSR count). The van der Waals surface area contributed by atoms with Gasteiger partial charge < -0.3 is 15.2 Å². The zero-order valence-electron chi connectivity index (χ0n) is 15.5. The Hall–Kier alpha value is -2.49. The highest BCUT2D eigenvalue weighted by Crippen LogP contribution is 2.35. The second-order valence-electron chi connectivity index (χ2n) is 6.05. The van der Waals surface area contributed by atoms with E-state index in [2.05, 4.69) is 15.9 Å². The summed E-state index contributed by atoms with van der Waals surface area (Å²) in [7, 11) is 0. The average molecular weight is 512 g/mol. The molecular formula is C20H16BrClN2O5S. The van der Waals surface area contributed by atoms with Crippen molar-refractivity contribution < 1.29 is 23.9 Å². The molecular weight excluding hydrogens is 496 g/mol. The topological polar surface area (TPSA) is 98.9 Å². The van der Waals surface area contributed by atoms with Gasteiger partial charge in [0.05, 0.1) is 16.5 Å². The standard InChI is InChI=1S/C20H16BrClN2O5S/c21-13-5-6-15(29-11-18(23)25)12(9-13)10-17-19(26)24(20(27)30-17)7-8-28-16-4-2-1-3-14(16)22/h1-6,9-10H,7-8,11H2,(H2,23,25)/b17-10-. The van der Waals surface area contributed by atoms with Gasteiger partial charge in [0.15, 0.2) is 6.61 Å². The molecule has 0 unspecified atom stereocenters. The van der Waals surface area contributed by atoms with E-state index in [0.29, 0.717) is 22.1 Å². The molecule has 10 heteroatoms. The van der Waals surface area contributed by atoms with E-state index in [-0.39, 0.29) is 24.7 Å². The molecule has 1 aliphatic heterocycles. The number of nitrogens with zero attached hydrogens (tertiary/aromatic N) is 1. The molecule has 1 fully saturated rings. The SMILES string of the molecule is NC(=O)COc1ccc(Br)cc1/C=C1\SC(=O)N(CCOc2ccccc2Cl)C1=O. The number of carbonyl (C=O) groups excluding carboxylic acids is 3. The summed E-state index contributed by atoms with van der Waals surface area (Å²) in [6, 6.07) is 12.0. The highest BCUT2D eigenvalue weighted by atomic mass is 79.9. The number of carbonyl (C=O) groups is 3. The Labute approximate surface area is 190 Å². The highest BCUT2D eigenvalue weighted by molar-refractivity contribution is 9.10. The van der Waals surface area contributed by atoms with Gasteiger partial charge in [0.25, 0.3) is 17.1 Å². The van der Waals surface area contributed by atoms with E-state index in [1.165, 1.54) is 0 Å². The average Bonchev–Trinajstić information content (AvgIpc) is 2.96. The van der Waals surface area contributed by atoms with E-state index >= 15 is 0 Å². The van der Waals surface area contributed by atoms with Gasteiger partial charge in [-0.3, -0.25) is 19.3 Å². The molecule has 2 aromatic carbocycles. The lowest BCUT2D eigenvalue weighted by Gasteiger charge is -2.13. The minimum atomic E-state index is -0.622. The van der Waals surface area contributed by atoms with Crippen molar-refractivity contribution in [2.75, 3.05) is 19.8 Å². The minimum absolute atomic E-state index is 0.0801. The fourth-order valence-corrected chi connectivity index (χ4v) is 3.98. The van der Waals surface area contributed by atoms with Crippen molar-refractivity contribution in [1.29, 1.82) is 0 Å². The lowest BCUT2D eigenvalue weighted by atomic mass is 10.2. The number of para-hydroxylation sites is 1. The largest absolute Gasteiger partial charge is 0.490 e. The van der Waals surface area contributed by atoms with Crippen LogP contribution in [-0.2, 0) is 9.59 Å². The first kappa shape index (κ1) is 22.2. The smallest absolute Gasteiger partial charge is 0.293 e. The maximum atomic E-state index is 12.7. The molecule has 0 radical (unpaired) electrons. The maximum Gasteiger partial charge on any atom is 0.293 e. The van der Waals surface area contributed by atoms with Crippen LogP contribution in [0.2, 0.25) is 5.02 Å². The van der Waals surface area contributed by atoms with Gasteiger partial charge in [-0.15, -0.1) is 0 Å². The predicted octanol–water partition coefficient (Wildman–Crippen LogP) is 4.08. The fraction of sp³-hybridized carbons (Fsp3) is 0.150. The Balaban J connectivity index is 1.71. The summed E-state index contributed by atoms with van der Waals surface area (Å²) in [4.78, 5) is 37.3. The highest BCUT2D eigenvalue weighted by Gasteiger charge is 2.35. The van der Waals surface area contributed by atoms with Crippen LogP contribution in [0.5, 0.6) is 11.5 Å². The molecule has 1 heterocycles. The molecule has 0 atom stereocenters. The number of hydrogen-bond acceptors (Lipinski definition) is 6. The van der Waals surface area contributed by atoms with E-state index in [4.69, 9.17) is 26.8 Å². The number of nitrogens with two attached hydrogens (primary N) is 1. The second kappa shape index (κ2) is 10.0. The van der Waals surface area contributed by atoms with Crippen molar-refractivity contribution in [2.24, 2.45) is 5.73 Å². The zero-order valence-corrected chi connectivity index (χ0v) is 18.6. The molecule has 0 bridgehead atoms. The van der Waals surface area contributed by atoms with E-state index < -0.39 is 17.1 Å². The molecule has 0 saturated carbocycles. The Bertz CT molecular complexity index is 1030. The summed E-state index contributed by atoms with van der Waals surface area (Å²) in [5.41, 5.74) is 5.65. The molecule has 7 nitrogen and oxygen atoms in total. The Morgan fingerprint density at radius 1 is 1.17 bits per heavy atom. The van der Waals surface area contributed by atoms with Crippen LogP contribution in [0.3, 0.4) is 0 Å². The number of halogens is 2. The fourth-order valence-electron chi connectivity index (χ4n) is 2.56. The molecule has 0 aliphatic carbocycles. The second-order valence-corrected chi connectivity index (χ2v) is 8.37. The van der Waals surface area contributed by atoms with Crippen molar-refractivity contribution in [3.8, 4) is 11.5 Å². The quantitative estimate of drug-likeness (QED) is 0.536. The van der Waals surface area contributed by atoms with E-state index in [9.17, 15) is 14.4 Å². The van der Waals surface area contributed by atoms with Crippen LogP contribution in [0.25, 0.3) is 6.08 Å². The number of benzene rings is 2. The summed E-state index contributed by atoms with van der Waals surface area (Å²) < 4.78 is 11.7. The normalized spacial score (nSPS) is 15.0. The Morgan fingerprint density at radius 3 is 2.67 bits per heavy atom. The number of imide groups is 1. The molecule has 0 spiro atoms. The molecule has 156 valence electrons. The van der Waals surface area contributed by atoms with Gasteiger partial charge in [0.2, 0.25) is 0 Å². The van der Waals surface area contributed by atoms with Crippen molar-refractivity contribution in [3.63, 3.8) is 0 Å². The van der Waals surface area contributed by atoms with Gasteiger partial charge in [-0.05, 0) is 48.2 Å². The first-order chi connectivity index (χ1) is 14.3. The first-order valence-corrected chi connectivity index (χ1v) is 10.7. The van der Waals surface area contributed by atoms with Gasteiger partial charge in [-0.2, -0.15) is 0 Å². The monoisotopic (exact) mass is 510 g/mol. The molecule has 0 aromatic heterocycles. The van der Waals surface area contributed by atoms with Gasteiger partial charge in [-0.25, -0.2) is 0 Å². The predicted molar refractivity (Wildman–Crippen MR) is 118 cm³/mol. The van der Waals surface area contributed by atoms with Gasteiger partial charge >= 0.3 is 0 Å². The molecule has 2 aromatic rings. The third-order valence-corrected chi connectivity index (χ3v) is 5.62. The van der Waals surface area contributed by atoms with Crippen LogP contribution in [0.1, 0.15) is 5.56 Å². The number of ether oxygens (including phenoxy) is 2. The molecule has 1 saturated heterocycles.